The number of halogens is 2. The molecular formula is C13H10Cl2N2O. The second-order valence-electron chi connectivity index (χ2n) is 3.70. The molecule has 1 N–H and O–H groups in total. The van der Waals surface area contributed by atoms with Crippen molar-refractivity contribution < 1.29 is 4.79 Å². The third-order valence-corrected chi connectivity index (χ3v) is 2.92. The number of rotatable bonds is 3. The summed E-state index contributed by atoms with van der Waals surface area (Å²) in [6, 6.07) is 8.53. The highest BCUT2D eigenvalue weighted by atomic mass is 35.5. The van der Waals surface area contributed by atoms with Crippen molar-refractivity contribution in [3.63, 3.8) is 0 Å². The molecule has 18 heavy (non-hydrogen) atoms. The first-order valence-corrected chi connectivity index (χ1v) is 6.04. The number of amides is 1. The Bertz CT molecular complexity index is 558. The second-order valence-corrected chi connectivity index (χ2v) is 4.54. The van der Waals surface area contributed by atoms with Gasteiger partial charge in [-0.25, -0.2) is 0 Å². The number of hydrogen-bond donors (Lipinski definition) is 1. The Hall–Kier alpha value is -1.58. The average molecular weight is 281 g/mol. The van der Waals surface area contributed by atoms with E-state index in [1.807, 2.05) is 0 Å². The maximum absolute atomic E-state index is 11.8. The fourth-order valence-electron chi connectivity index (χ4n) is 1.48. The molecule has 1 amide bonds. The van der Waals surface area contributed by atoms with Crippen LogP contribution < -0.4 is 5.32 Å². The lowest BCUT2D eigenvalue weighted by atomic mass is 10.1. The minimum Gasteiger partial charge on any atom is -0.326 e. The first-order valence-electron chi connectivity index (χ1n) is 5.29. The Balaban J connectivity index is 2.03. The molecule has 0 bridgehead atoms. The molecule has 2 aromatic rings. The summed E-state index contributed by atoms with van der Waals surface area (Å²) in [6.45, 7) is 0. The molecule has 0 saturated carbocycles. The summed E-state index contributed by atoms with van der Waals surface area (Å²) < 4.78 is 0. The molecule has 0 aliphatic rings. The van der Waals surface area contributed by atoms with Gasteiger partial charge in [0.1, 0.15) is 0 Å². The summed E-state index contributed by atoms with van der Waals surface area (Å²) in [6.07, 6.45) is 3.44. The molecule has 0 saturated heterocycles. The molecule has 0 atom stereocenters. The predicted molar refractivity (Wildman–Crippen MR) is 73.0 cm³/mol. The van der Waals surface area contributed by atoms with Crippen LogP contribution in [0, 0.1) is 0 Å². The van der Waals surface area contributed by atoms with Crippen LogP contribution in [-0.2, 0) is 11.2 Å². The lowest BCUT2D eigenvalue weighted by molar-refractivity contribution is -0.115. The van der Waals surface area contributed by atoms with Gasteiger partial charge >= 0.3 is 0 Å². The first kappa shape index (κ1) is 12.9. The summed E-state index contributed by atoms with van der Waals surface area (Å²) in [5.41, 5.74) is 1.45. The minimum atomic E-state index is -0.134. The molecule has 1 heterocycles. The fourth-order valence-corrected chi connectivity index (χ4v) is 1.95. The van der Waals surface area contributed by atoms with Crippen LogP contribution in [0.15, 0.2) is 42.7 Å². The molecule has 0 fully saturated rings. The number of nitrogens with zero attached hydrogens (tertiary/aromatic N) is 1. The lowest BCUT2D eigenvalue weighted by Gasteiger charge is -2.06. The van der Waals surface area contributed by atoms with Gasteiger partial charge < -0.3 is 5.32 Å². The molecule has 1 aromatic heterocycles. The van der Waals surface area contributed by atoms with E-state index in [4.69, 9.17) is 23.2 Å². The standard InChI is InChI=1S/C13H10Cl2N2O/c14-10-2-1-9(12(15)8-10)7-13(18)17-11-3-5-16-6-4-11/h1-6,8H,7H2,(H,16,17,18). The average Bonchev–Trinajstić information content (AvgIpc) is 2.34. The van der Waals surface area contributed by atoms with E-state index in [1.54, 1.807) is 42.7 Å². The van der Waals surface area contributed by atoms with Crippen LogP contribution in [0.2, 0.25) is 10.0 Å². The topological polar surface area (TPSA) is 42.0 Å². The van der Waals surface area contributed by atoms with E-state index < -0.39 is 0 Å². The maximum Gasteiger partial charge on any atom is 0.228 e. The summed E-state index contributed by atoms with van der Waals surface area (Å²) in [4.78, 5) is 15.7. The fraction of sp³-hybridized carbons (Fsp3) is 0.0769. The third-order valence-electron chi connectivity index (χ3n) is 2.33. The van der Waals surface area contributed by atoms with E-state index in [2.05, 4.69) is 10.3 Å². The molecule has 2 rings (SSSR count). The first-order chi connectivity index (χ1) is 8.65. The van der Waals surface area contributed by atoms with E-state index in [-0.39, 0.29) is 12.3 Å². The summed E-state index contributed by atoms with van der Waals surface area (Å²) in [7, 11) is 0. The van der Waals surface area contributed by atoms with Gasteiger partial charge in [0.05, 0.1) is 6.42 Å². The molecule has 92 valence electrons. The number of pyridine rings is 1. The summed E-state index contributed by atoms with van der Waals surface area (Å²) in [5, 5.41) is 3.81. The zero-order valence-electron chi connectivity index (χ0n) is 9.36. The monoisotopic (exact) mass is 280 g/mol. The quantitative estimate of drug-likeness (QED) is 0.934. The van der Waals surface area contributed by atoms with Gasteiger partial charge in [0.2, 0.25) is 5.91 Å². The van der Waals surface area contributed by atoms with Crippen LogP contribution in [0.3, 0.4) is 0 Å². The summed E-state index contributed by atoms with van der Waals surface area (Å²) >= 11 is 11.8. The van der Waals surface area contributed by atoms with Gasteiger partial charge in [-0.2, -0.15) is 0 Å². The Morgan fingerprint density at radius 1 is 1.17 bits per heavy atom. The Labute approximate surface area is 115 Å². The van der Waals surface area contributed by atoms with Crippen molar-refractivity contribution in [1.29, 1.82) is 0 Å². The number of carbonyl (C=O) groups excluding carboxylic acids is 1. The van der Waals surface area contributed by atoms with Crippen LogP contribution >= 0.6 is 23.2 Å². The van der Waals surface area contributed by atoms with E-state index >= 15 is 0 Å². The zero-order valence-corrected chi connectivity index (χ0v) is 10.9. The number of hydrogen-bond acceptors (Lipinski definition) is 2. The van der Waals surface area contributed by atoms with Gasteiger partial charge in [-0.15, -0.1) is 0 Å². The number of benzene rings is 1. The van der Waals surface area contributed by atoms with Crippen molar-refractivity contribution in [1.82, 2.24) is 4.98 Å². The van der Waals surface area contributed by atoms with Crippen molar-refractivity contribution in [3.05, 3.63) is 58.3 Å². The van der Waals surface area contributed by atoms with Crippen LogP contribution in [0.1, 0.15) is 5.56 Å². The normalized spacial score (nSPS) is 10.1. The maximum atomic E-state index is 11.8. The van der Waals surface area contributed by atoms with Crippen molar-refractivity contribution >= 4 is 34.8 Å². The highest BCUT2D eigenvalue weighted by Gasteiger charge is 2.07. The number of nitrogens with one attached hydrogen (secondary N) is 1. The predicted octanol–water partition coefficient (Wildman–Crippen LogP) is 3.57. The Morgan fingerprint density at radius 3 is 2.56 bits per heavy atom. The van der Waals surface area contributed by atoms with Crippen LogP contribution in [0.5, 0.6) is 0 Å². The lowest BCUT2D eigenvalue weighted by Crippen LogP contribution is -2.14. The van der Waals surface area contributed by atoms with Gasteiger partial charge in [0.25, 0.3) is 0 Å². The Morgan fingerprint density at radius 2 is 1.89 bits per heavy atom. The summed E-state index contributed by atoms with van der Waals surface area (Å²) in [5.74, 6) is -0.134. The SMILES string of the molecule is O=C(Cc1ccc(Cl)cc1Cl)Nc1ccncc1. The van der Waals surface area contributed by atoms with Crippen LogP contribution in [-0.4, -0.2) is 10.9 Å². The molecule has 5 heteroatoms. The molecule has 0 aliphatic heterocycles. The van der Waals surface area contributed by atoms with Crippen LogP contribution in [0.4, 0.5) is 5.69 Å². The molecular weight excluding hydrogens is 271 g/mol. The highest BCUT2D eigenvalue weighted by Crippen LogP contribution is 2.21. The molecule has 0 unspecified atom stereocenters. The van der Waals surface area contributed by atoms with E-state index in [0.29, 0.717) is 15.7 Å². The number of anilines is 1. The zero-order chi connectivity index (χ0) is 13.0. The molecule has 0 spiro atoms. The number of aromatic nitrogens is 1. The van der Waals surface area contributed by atoms with Gasteiger partial charge in [0.15, 0.2) is 0 Å². The van der Waals surface area contributed by atoms with E-state index in [0.717, 1.165) is 5.56 Å². The minimum absolute atomic E-state index is 0.134. The third kappa shape index (κ3) is 3.45. The molecule has 1 aromatic carbocycles. The van der Waals surface area contributed by atoms with Gasteiger partial charge in [0, 0.05) is 28.1 Å². The van der Waals surface area contributed by atoms with Crippen molar-refractivity contribution in [2.24, 2.45) is 0 Å². The smallest absolute Gasteiger partial charge is 0.228 e. The second kappa shape index (κ2) is 5.85. The molecule has 3 nitrogen and oxygen atoms in total. The Kier molecular flexibility index (Phi) is 4.18. The van der Waals surface area contributed by atoms with E-state index in [1.165, 1.54) is 0 Å². The molecule has 0 aliphatic carbocycles. The van der Waals surface area contributed by atoms with Crippen molar-refractivity contribution in [2.75, 3.05) is 5.32 Å². The van der Waals surface area contributed by atoms with Gasteiger partial charge in [-0.05, 0) is 29.8 Å². The van der Waals surface area contributed by atoms with Crippen molar-refractivity contribution in [2.45, 2.75) is 6.42 Å². The van der Waals surface area contributed by atoms with E-state index in [9.17, 15) is 4.79 Å². The molecule has 0 radical (unpaired) electrons. The van der Waals surface area contributed by atoms with Crippen LogP contribution in [0.25, 0.3) is 0 Å². The highest BCUT2D eigenvalue weighted by molar-refractivity contribution is 6.35. The van der Waals surface area contributed by atoms with Gasteiger partial charge in [-0.3, -0.25) is 9.78 Å². The largest absolute Gasteiger partial charge is 0.326 e. The van der Waals surface area contributed by atoms with Crippen molar-refractivity contribution in [3.8, 4) is 0 Å². The number of carbonyl (C=O) groups is 1. The van der Waals surface area contributed by atoms with Gasteiger partial charge in [-0.1, -0.05) is 29.3 Å².